The van der Waals surface area contributed by atoms with Crippen molar-refractivity contribution in [2.24, 2.45) is 0 Å². The Labute approximate surface area is 112 Å². The number of rotatable bonds is 5. The Balaban J connectivity index is 2.31. The van der Waals surface area contributed by atoms with Crippen LogP contribution in [0.1, 0.15) is 31.9 Å². The highest BCUT2D eigenvalue weighted by Crippen LogP contribution is 2.15. The Morgan fingerprint density at radius 2 is 1.94 bits per heavy atom. The quantitative estimate of drug-likeness (QED) is 0.717. The van der Waals surface area contributed by atoms with Crippen molar-refractivity contribution < 1.29 is 9.50 Å². The fourth-order valence-corrected chi connectivity index (χ4v) is 1.82. The van der Waals surface area contributed by atoms with Crippen LogP contribution in [0.25, 0.3) is 0 Å². The van der Waals surface area contributed by atoms with E-state index in [9.17, 15) is 9.50 Å². The van der Waals surface area contributed by atoms with Crippen LogP contribution in [0.4, 0.5) is 4.39 Å². The molecule has 0 saturated carbocycles. The SMILES string of the molecule is CC(C)NC(=S)NCCC(O)c1ccc(F)cc1. The van der Waals surface area contributed by atoms with E-state index in [1.165, 1.54) is 12.1 Å². The molecule has 0 fully saturated rings. The first kappa shape index (κ1) is 14.9. The highest BCUT2D eigenvalue weighted by Gasteiger charge is 2.07. The molecule has 1 rings (SSSR count). The third-order valence-electron chi connectivity index (χ3n) is 2.38. The summed E-state index contributed by atoms with van der Waals surface area (Å²) in [5.41, 5.74) is 0.709. The molecule has 1 atom stereocenters. The average Bonchev–Trinajstić information content (AvgIpc) is 2.28. The van der Waals surface area contributed by atoms with Crippen molar-refractivity contribution in [1.82, 2.24) is 10.6 Å². The maximum Gasteiger partial charge on any atom is 0.166 e. The maximum atomic E-state index is 12.7. The van der Waals surface area contributed by atoms with Crippen molar-refractivity contribution >= 4 is 17.3 Å². The van der Waals surface area contributed by atoms with Gasteiger partial charge >= 0.3 is 0 Å². The summed E-state index contributed by atoms with van der Waals surface area (Å²) in [6, 6.07) is 6.15. The van der Waals surface area contributed by atoms with Crippen LogP contribution in [0, 0.1) is 5.82 Å². The van der Waals surface area contributed by atoms with E-state index in [-0.39, 0.29) is 11.9 Å². The Morgan fingerprint density at radius 1 is 1.33 bits per heavy atom. The molecule has 0 heterocycles. The zero-order chi connectivity index (χ0) is 13.5. The molecule has 100 valence electrons. The molecule has 0 radical (unpaired) electrons. The van der Waals surface area contributed by atoms with Crippen LogP contribution in [-0.2, 0) is 0 Å². The van der Waals surface area contributed by atoms with E-state index < -0.39 is 6.10 Å². The van der Waals surface area contributed by atoms with Crippen molar-refractivity contribution in [3.05, 3.63) is 35.6 Å². The van der Waals surface area contributed by atoms with Crippen molar-refractivity contribution in [2.45, 2.75) is 32.4 Å². The number of nitrogens with one attached hydrogen (secondary N) is 2. The summed E-state index contributed by atoms with van der Waals surface area (Å²) >= 11 is 5.06. The molecule has 18 heavy (non-hydrogen) atoms. The van der Waals surface area contributed by atoms with Gasteiger partial charge in [-0.3, -0.25) is 0 Å². The van der Waals surface area contributed by atoms with Gasteiger partial charge in [-0.05, 0) is 50.2 Å². The van der Waals surface area contributed by atoms with Crippen LogP contribution >= 0.6 is 12.2 Å². The van der Waals surface area contributed by atoms with Gasteiger partial charge in [0.25, 0.3) is 0 Å². The summed E-state index contributed by atoms with van der Waals surface area (Å²) in [7, 11) is 0. The van der Waals surface area contributed by atoms with Gasteiger partial charge in [0, 0.05) is 12.6 Å². The zero-order valence-corrected chi connectivity index (χ0v) is 11.4. The van der Waals surface area contributed by atoms with Gasteiger partial charge in [0.05, 0.1) is 6.10 Å². The first-order chi connectivity index (χ1) is 8.49. The summed E-state index contributed by atoms with van der Waals surface area (Å²) in [6.07, 6.45) is -0.0918. The average molecular weight is 270 g/mol. The molecule has 3 N–H and O–H groups in total. The number of aliphatic hydroxyl groups excluding tert-OH is 1. The molecular weight excluding hydrogens is 251 g/mol. The maximum absolute atomic E-state index is 12.7. The Hall–Kier alpha value is -1.20. The standard InChI is InChI=1S/C13H19FN2OS/c1-9(2)16-13(18)15-8-7-12(17)10-3-5-11(14)6-4-10/h3-6,9,12,17H,7-8H2,1-2H3,(H2,15,16,18). The second-order valence-electron chi connectivity index (χ2n) is 4.41. The van der Waals surface area contributed by atoms with Crippen LogP contribution in [-0.4, -0.2) is 22.8 Å². The Kier molecular flexibility index (Phi) is 6.01. The van der Waals surface area contributed by atoms with E-state index in [1.807, 2.05) is 13.8 Å². The summed E-state index contributed by atoms with van der Waals surface area (Å²) in [5, 5.41) is 16.5. The lowest BCUT2D eigenvalue weighted by Crippen LogP contribution is -2.39. The molecule has 0 aliphatic rings. The molecule has 1 unspecified atom stereocenters. The van der Waals surface area contributed by atoms with E-state index in [1.54, 1.807) is 12.1 Å². The predicted octanol–water partition coefficient (Wildman–Crippen LogP) is 2.12. The van der Waals surface area contributed by atoms with Crippen LogP contribution in [0.15, 0.2) is 24.3 Å². The minimum atomic E-state index is -0.611. The number of aliphatic hydroxyl groups is 1. The van der Waals surface area contributed by atoms with Gasteiger partial charge in [0.15, 0.2) is 5.11 Å². The lowest BCUT2D eigenvalue weighted by molar-refractivity contribution is 0.168. The smallest absolute Gasteiger partial charge is 0.166 e. The lowest BCUT2D eigenvalue weighted by atomic mass is 10.1. The summed E-state index contributed by atoms with van der Waals surface area (Å²) < 4.78 is 12.7. The predicted molar refractivity (Wildman–Crippen MR) is 74.8 cm³/mol. The highest BCUT2D eigenvalue weighted by atomic mass is 32.1. The second kappa shape index (κ2) is 7.28. The van der Waals surface area contributed by atoms with Gasteiger partial charge in [-0.25, -0.2) is 4.39 Å². The molecule has 0 aliphatic heterocycles. The normalized spacial score (nSPS) is 12.3. The number of hydrogen-bond acceptors (Lipinski definition) is 2. The number of thiocarbonyl (C=S) groups is 1. The van der Waals surface area contributed by atoms with E-state index in [0.29, 0.717) is 23.6 Å². The van der Waals surface area contributed by atoms with Crippen LogP contribution in [0.2, 0.25) is 0 Å². The minimum absolute atomic E-state index is 0.284. The van der Waals surface area contributed by atoms with Gasteiger partial charge < -0.3 is 15.7 Å². The molecule has 1 aromatic rings. The minimum Gasteiger partial charge on any atom is -0.388 e. The fourth-order valence-electron chi connectivity index (χ4n) is 1.49. The Bertz CT molecular complexity index is 381. The van der Waals surface area contributed by atoms with E-state index in [2.05, 4.69) is 10.6 Å². The molecule has 3 nitrogen and oxygen atoms in total. The summed E-state index contributed by atoms with van der Waals surface area (Å²) in [4.78, 5) is 0. The lowest BCUT2D eigenvalue weighted by Gasteiger charge is -2.15. The summed E-state index contributed by atoms with van der Waals surface area (Å²) in [5.74, 6) is -0.300. The van der Waals surface area contributed by atoms with Gasteiger partial charge in [0.1, 0.15) is 5.82 Å². The Morgan fingerprint density at radius 3 is 2.50 bits per heavy atom. The third kappa shape index (κ3) is 5.42. The van der Waals surface area contributed by atoms with Gasteiger partial charge in [-0.2, -0.15) is 0 Å². The van der Waals surface area contributed by atoms with Crippen molar-refractivity contribution in [1.29, 1.82) is 0 Å². The third-order valence-corrected chi connectivity index (χ3v) is 2.64. The van der Waals surface area contributed by atoms with Crippen LogP contribution < -0.4 is 10.6 Å². The van der Waals surface area contributed by atoms with Crippen molar-refractivity contribution in [3.63, 3.8) is 0 Å². The monoisotopic (exact) mass is 270 g/mol. The first-order valence-electron chi connectivity index (χ1n) is 5.97. The molecule has 0 bridgehead atoms. The number of halogens is 1. The van der Waals surface area contributed by atoms with E-state index in [0.717, 1.165) is 0 Å². The molecule has 0 aliphatic carbocycles. The molecule has 0 spiro atoms. The topological polar surface area (TPSA) is 44.3 Å². The van der Waals surface area contributed by atoms with E-state index >= 15 is 0 Å². The molecule has 0 amide bonds. The second-order valence-corrected chi connectivity index (χ2v) is 4.82. The first-order valence-corrected chi connectivity index (χ1v) is 6.37. The van der Waals surface area contributed by atoms with Crippen molar-refractivity contribution in [3.8, 4) is 0 Å². The number of benzene rings is 1. The summed E-state index contributed by atoms with van der Waals surface area (Å²) in [6.45, 7) is 4.57. The van der Waals surface area contributed by atoms with Crippen LogP contribution in [0.3, 0.4) is 0 Å². The fraction of sp³-hybridized carbons (Fsp3) is 0.462. The number of hydrogen-bond donors (Lipinski definition) is 3. The van der Waals surface area contributed by atoms with Crippen LogP contribution in [0.5, 0.6) is 0 Å². The largest absolute Gasteiger partial charge is 0.388 e. The van der Waals surface area contributed by atoms with Gasteiger partial charge in [-0.15, -0.1) is 0 Å². The van der Waals surface area contributed by atoms with E-state index in [4.69, 9.17) is 12.2 Å². The van der Waals surface area contributed by atoms with Gasteiger partial charge in [-0.1, -0.05) is 12.1 Å². The molecule has 0 aromatic heterocycles. The van der Waals surface area contributed by atoms with Gasteiger partial charge in [0.2, 0.25) is 0 Å². The molecular formula is C13H19FN2OS. The molecule has 1 aromatic carbocycles. The zero-order valence-electron chi connectivity index (χ0n) is 10.6. The van der Waals surface area contributed by atoms with Crippen molar-refractivity contribution in [2.75, 3.05) is 6.54 Å². The molecule has 5 heteroatoms. The highest BCUT2D eigenvalue weighted by molar-refractivity contribution is 7.80. The molecule has 0 saturated heterocycles.